The van der Waals surface area contributed by atoms with Crippen molar-refractivity contribution in [2.75, 3.05) is 6.61 Å². The number of ether oxygens (including phenoxy) is 1. The summed E-state index contributed by atoms with van der Waals surface area (Å²) in [7, 11) is 0. The summed E-state index contributed by atoms with van der Waals surface area (Å²) in [4.78, 5) is 4.57. The minimum Gasteiger partial charge on any atom is -0.494 e. The lowest BCUT2D eigenvalue weighted by atomic mass is 10.1. The topological polar surface area (TPSA) is 48.1 Å². The maximum atomic E-state index is 5.83. The Morgan fingerprint density at radius 1 is 1.44 bits per heavy atom. The van der Waals surface area contributed by atoms with Crippen molar-refractivity contribution in [2.45, 2.75) is 26.8 Å². The van der Waals surface area contributed by atoms with E-state index in [0.717, 1.165) is 22.0 Å². The van der Waals surface area contributed by atoms with Gasteiger partial charge in [-0.25, -0.2) is 4.98 Å². The van der Waals surface area contributed by atoms with Crippen LogP contribution in [-0.4, -0.2) is 11.6 Å². The van der Waals surface area contributed by atoms with Gasteiger partial charge in [-0.05, 0) is 44.5 Å². The van der Waals surface area contributed by atoms with Crippen LogP contribution in [0.4, 0.5) is 0 Å². The molecule has 1 aromatic heterocycles. The summed E-state index contributed by atoms with van der Waals surface area (Å²) in [6, 6.07) is 6.08. The summed E-state index contributed by atoms with van der Waals surface area (Å²) in [5, 5.41) is 3.03. The fraction of sp³-hybridized carbons (Fsp3) is 0.357. The van der Waals surface area contributed by atoms with Gasteiger partial charge < -0.3 is 10.5 Å². The molecule has 0 amide bonds. The van der Waals surface area contributed by atoms with E-state index in [0.29, 0.717) is 6.61 Å². The van der Waals surface area contributed by atoms with Crippen LogP contribution in [0, 0.1) is 6.92 Å². The van der Waals surface area contributed by atoms with E-state index in [9.17, 15) is 0 Å². The van der Waals surface area contributed by atoms with Gasteiger partial charge in [0.1, 0.15) is 10.8 Å². The van der Waals surface area contributed by atoms with Crippen molar-refractivity contribution in [3.8, 4) is 17.0 Å². The number of thiazole rings is 1. The van der Waals surface area contributed by atoms with E-state index in [4.69, 9.17) is 10.5 Å². The van der Waals surface area contributed by atoms with Crippen LogP contribution >= 0.6 is 11.3 Å². The molecule has 1 aromatic carbocycles. The first-order valence-corrected chi connectivity index (χ1v) is 6.94. The van der Waals surface area contributed by atoms with E-state index < -0.39 is 0 Å². The molecule has 0 radical (unpaired) electrons. The lowest BCUT2D eigenvalue weighted by Gasteiger charge is -2.07. The van der Waals surface area contributed by atoms with Crippen LogP contribution in [0.25, 0.3) is 11.3 Å². The van der Waals surface area contributed by atoms with Crippen LogP contribution in [0.5, 0.6) is 5.75 Å². The van der Waals surface area contributed by atoms with Gasteiger partial charge in [0, 0.05) is 10.9 Å². The van der Waals surface area contributed by atoms with Gasteiger partial charge in [0.15, 0.2) is 0 Å². The zero-order chi connectivity index (χ0) is 13.1. The molecule has 0 aliphatic carbocycles. The fourth-order valence-corrected chi connectivity index (χ4v) is 2.58. The Morgan fingerprint density at radius 3 is 2.78 bits per heavy atom. The lowest BCUT2D eigenvalue weighted by molar-refractivity contribution is 0.340. The third kappa shape index (κ3) is 2.71. The highest BCUT2D eigenvalue weighted by Crippen LogP contribution is 2.29. The highest BCUT2D eigenvalue weighted by Gasteiger charge is 2.10. The first-order valence-electron chi connectivity index (χ1n) is 6.06. The van der Waals surface area contributed by atoms with Gasteiger partial charge in [-0.1, -0.05) is 0 Å². The average Bonchev–Trinajstić information content (AvgIpc) is 2.79. The minimum atomic E-state index is -0.00764. The largest absolute Gasteiger partial charge is 0.494 e. The van der Waals surface area contributed by atoms with Crippen molar-refractivity contribution in [2.24, 2.45) is 5.73 Å². The summed E-state index contributed by atoms with van der Waals surface area (Å²) in [5.74, 6) is 0.904. The van der Waals surface area contributed by atoms with Crippen LogP contribution in [-0.2, 0) is 0 Å². The second-order valence-corrected chi connectivity index (χ2v) is 5.16. The Bertz CT molecular complexity index is 534. The molecule has 2 rings (SSSR count). The Hall–Kier alpha value is -1.39. The Balaban J connectivity index is 2.32. The SMILES string of the molecule is CCOc1ccc(-c2csc(C(C)N)n2)c(C)c1. The number of rotatable bonds is 4. The molecule has 3 nitrogen and oxygen atoms in total. The maximum absolute atomic E-state index is 5.83. The highest BCUT2D eigenvalue weighted by molar-refractivity contribution is 7.10. The number of aromatic nitrogens is 1. The highest BCUT2D eigenvalue weighted by atomic mass is 32.1. The zero-order valence-corrected chi connectivity index (χ0v) is 11.8. The molecule has 0 fully saturated rings. The molecular weight excluding hydrogens is 244 g/mol. The molecular formula is C14H18N2OS. The Morgan fingerprint density at radius 2 is 2.22 bits per heavy atom. The quantitative estimate of drug-likeness (QED) is 0.916. The van der Waals surface area contributed by atoms with Crippen LogP contribution in [0.3, 0.4) is 0 Å². The van der Waals surface area contributed by atoms with E-state index in [2.05, 4.69) is 23.4 Å². The van der Waals surface area contributed by atoms with Crippen molar-refractivity contribution < 1.29 is 4.74 Å². The van der Waals surface area contributed by atoms with Crippen molar-refractivity contribution in [3.63, 3.8) is 0 Å². The molecule has 2 aromatic rings. The first kappa shape index (κ1) is 13.1. The number of hydrogen-bond acceptors (Lipinski definition) is 4. The number of nitrogens with zero attached hydrogens (tertiary/aromatic N) is 1. The smallest absolute Gasteiger partial charge is 0.119 e. The van der Waals surface area contributed by atoms with Gasteiger partial charge >= 0.3 is 0 Å². The molecule has 1 atom stereocenters. The number of nitrogens with two attached hydrogens (primary N) is 1. The lowest BCUT2D eigenvalue weighted by Crippen LogP contribution is -2.03. The molecule has 96 valence electrons. The summed E-state index contributed by atoms with van der Waals surface area (Å²) in [6.07, 6.45) is 0. The monoisotopic (exact) mass is 262 g/mol. The van der Waals surface area contributed by atoms with Crippen molar-refractivity contribution in [3.05, 3.63) is 34.2 Å². The van der Waals surface area contributed by atoms with Gasteiger partial charge in [-0.3, -0.25) is 0 Å². The van der Waals surface area contributed by atoms with Crippen LogP contribution < -0.4 is 10.5 Å². The maximum Gasteiger partial charge on any atom is 0.119 e. The van der Waals surface area contributed by atoms with Crippen LogP contribution in [0.2, 0.25) is 0 Å². The van der Waals surface area contributed by atoms with Crippen LogP contribution in [0.15, 0.2) is 23.6 Å². The molecule has 0 spiro atoms. The number of aryl methyl sites for hydroxylation is 1. The molecule has 0 saturated heterocycles. The van der Waals surface area contributed by atoms with Crippen LogP contribution in [0.1, 0.15) is 30.5 Å². The molecule has 0 bridgehead atoms. The summed E-state index contributed by atoms with van der Waals surface area (Å²) >= 11 is 1.61. The summed E-state index contributed by atoms with van der Waals surface area (Å²) < 4.78 is 5.48. The summed E-state index contributed by atoms with van der Waals surface area (Å²) in [6.45, 7) is 6.69. The number of hydrogen-bond donors (Lipinski definition) is 1. The second kappa shape index (κ2) is 5.50. The predicted molar refractivity (Wildman–Crippen MR) is 76.1 cm³/mol. The predicted octanol–water partition coefficient (Wildman–Crippen LogP) is 3.54. The molecule has 2 N–H and O–H groups in total. The molecule has 0 aliphatic rings. The zero-order valence-electron chi connectivity index (χ0n) is 10.9. The molecule has 1 heterocycles. The van der Waals surface area contributed by atoms with E-state index >= 15 is 0 Å². The average molecular weight is 262 g/mol. The van der Waals surface area contributed by atoms with Gasteiger partial charge in [0.2, 0.25) is 0 Å². The molecule has 4 heteroatoms. The van der Waals surface area contributed by atoms with Gasteiger partial charge in [0.25, 0.3) is 0 Å². The van der Waals surface area contributed by atoms with E-state index in [-0.39, 0.29) is 6.04 Å². The molecule has 1 unspecified atom stereocenters. The second-order valence-electron chi connectivity index (χ2n) is 4.27. The summed E-state index contributed by atoms with van der Waals surface area (Å²) in [5.41, 5.74) is 9.14. The molecule has 0 saturated carbocycles. The normalized spacial score (nSPS) is 12.4. The first-order chi connectivity index (χ1) is 8.61. The van der Waals surface area contributed by atoms with E-state index in [1.807, 2.05) is 26.0 Å². The van der Waals surface area contributed by atoms with E-state index in [1.54, 1.807) is 11.3 Å². The van der Waals surface area contributed by atoms with Crippen molar-refractivity contribution >= 4 is 11.3 Å². The van der Waals surface area contributed by atoms with E-state index in [1.165, 1.54) is 5.56 Å². The standard InChI is InChI=1S/C14H18N2OS/c1-4-17-11-5-6-12(9(2)7-11)13-8-18-14(16-13)10(3)15/h5-8,10H,4,15H2,1-3H3. The molecule has 0 aliphatic heterocycles. The minimum absolute atomic E-state index is 0.00764. The van der Waals surface area contributed by atoms with Gasteiger partial charge in [-0.2, -0.15) is 0 Å². The van der Waals surface area contributed by atoms with Gasteiger partial charge in [0.05, 0.1) is 18.3 Å². The Labute approximate surface area is 112 Å². The van der Waals surface area contributed by atoms with Crippen molar-refractivity contribution in [1.82, 2.24) is 4.98 Å². The molecule has 18 heavy (non-hydrogen) atoms. The fourth-order valence-electron chi connectivity index (χ4n) is 1.80. The Kier molecular flexibility index (Phi) is 3.99. The van der Waals surface area contributed by atoms with Gasteiger partial charge in [-0.15, -0.1) is 11.3 Å². The third-order valence-corrected chi connectivity index (χ3v) is 3.74. The van der Waals surface area contributed by atoms with Crippen molar-refractivity contribution in [1.29, 1.82) is 0 Å². The third-order valence-electron chi connectivity index (χ3n) is 2.70. The number of benzene rings is 1.